The quantitative estimate of drug-likeness (QED) is 0.752. The first kappa shape index (κ1) is 9.04. The predicted molar refractivity (Wildman–Crippen MR) is 55.9 cm³/mol. The zero-order valence-corrected chi connectivity index (χ0v) is 8.83. The van der Waals surface area contributed by atoms with Crippen molar-refractivity contribution in [1.29, 1.82) is 5.26 Å². The summed E-state index contributed by atoms with van der Waals surface area (Å²) in [6.07, 6.45) is 3.01. The van der Waals surface area contributed by atoms with Crippen molar-refractivity contribution >= 4 is 23.1 Å². The first-order chi connectivity index (χ1) is 6.35. The van der Waals surface area contributed by atoms with Crippen LogP contribution in [0.2, 0.25) is 0 Å². The highest BCUT2D eigenvalue weighted by molar-refractivity contribution is 8.01. The minimum atomic E-state index is -0.173. The van der Waals surface area contributed by atoms with E-state index in [2.05, 4.69) is 11.1 Å². The van der Waals surface area contributed by atoms with Crippen molar-refractivity contribution < 1.29 is 0 Å². The summed E-state index contributed by atoms with van der Waals surface area (Å²) in [6, 6.07) is 2.44. The summed E-state index contributed by atoms with van der Waals surface area (Å²) in [5, 5.41) is 11.2. The molecule has 0 N–H and O–H groups in total. The minimum Gasteiger partial charge on any atom is -0.250 e. The van der Waals surface area contributed by atoms with Gasteiger partial charge in [0.25, 0.3) is 0 Å². The Balaban J connectivity index is 2.11. The van der Waals surface area contributed by atoms with E-state index in [0.717, 1.165) is 24.3 Å². The van der Waals surface area contributed by atoms with Crippen molar-refractivity contribution in [2.75, 3.05) is 5.75 Å². The lowest BCUT2D eigenvalue weighted by atomic mass is 9.99. The Morgan fingerprint density at radius 2 is 2.62 bits per heavy atom. The third-order valence-electron chi connectivity index (χ3n) is 2.26. The fourth-order valence-electron chi connectivity index (χ4n) is 1.58. The predicted octanol–water partition coefficient (Wildman–Crippen LogP) is 2.47. The lowest BCUT2D eigenvalue weighted by molar-refractivity contribution is 0.664. The lowest BCUT2D eigenvalue weighted by Gasteiger charge is -2.17. The molecular formula is C9H10N2S2. The molecule has 2 heterocycles. The first-order valence-corrected chi connectivity index (χ1v) is 6.20. The zero-order valence-electron chi connectivity index (χ0n) is 7.19. The highest BCUT2D eigenvalue weighted by Gasteiger charge is 2.35. The van der Waals surface area contributed by atoms with Crippen LogP contribution in [0.4, 0.5) is 0 Å². The van der Waals surface area contributed by atoms with Gasteiger partial charge in [0.05, 0.1) is 17.3 Å². The smallest absolute Gasteiger partial charge is 0.108 e. The average molecular weight is 210 g/mol. The minimum absolute atomic E-state index is 0.173. The number of hydrogen-bond donors (Lipinski definition) is 0. The van der Waals surface area contributed by atoms with Crippen LogP contribution in [0.15, 0.2) is 10.9 Å². The molecule has 0 aliphatic carbocycles. The zero-order chi connectivity index (χ0) is 9.15. The van der Waals surface area contributed by atoms with Crippen molar-refractivity contribution in [2.24, 2.45) is 0 Å². The highest BCUT2D eigenvalue weighted by Crippen LogP contribution is 2.40. The summed E-state index contributed by atoms with van der Waals surface area (Å²) in [4.78, 5) is 4.23. The van der Waals surface area contributed by atoms with E-state index in [4.69, 9.17) is 5.26 Å². The van der Waals surface area contributed by atoms with Crippen molar-refractivity contribution in [3.8, 4) is 6.07 Å². The van der Waals surface area contributed by atoms with Gasteiger partial charge in [0, 0.05) is 11.8 Å². The van der Waals surface area contributed by atoms with Gasteiger partial charge < -0.3 is 0 Å². The lowest BCUT2D eigenvalue weighted by Crippen LogP contribution is -2.21. The second kappa shape index (κ2) is 3.69. The van der Waals surface area contributed by atoms with E-state index < -0.39 is 0 Å². The molecule has 1 fully saturated rings. The van der Waals surface area contributed by atoms with E-state index in [1.165, 1.54) is 6.42 Å². The maximum Gasteiger partial charge on any atom is 0.108 e. The van der Waals surface area contributed by atoms with E-state index in [9.17, 15) is 0 Å². The fraction of sp³-hybridized carbons (Fsp3) is 0.556. The van der Waals surface area contributed by atoms with Crippen molar-refractivity contribution in [3.05, 3.63) is 16.6 Å². The number of hydrogen-bond acceptors (Lipinski definition) is 4. The summed E-state index contributed by atoms with van der Waals surface area (Å²) in [5.74, 6) is 1.12. The molecular weight excluding hydrogens is 200 g/mol. The van der Waals surface area contributed by atoms with Gasteiger partial charge in [-0.25, -0.2) is 4.98 Å². The summed E-state index contributed by atoms with van der Waals surface area (Å²) in [7, 11) is 0. The molecule has 1 unspecified atom stereocenters. The van der Waals surface area contributed by atoms with Crippen LogP contribution in [0.1, 0.15) is 18.5 Å². The molecule has 4 heteroatoms. The molecule has 1 aliphatic rings. The van der Waals surface area contributed by atoms with Crippen LogP contribution in [0, 0.1) is 11.3 Å². The Hall–Kier alpha value is -0.530. The Bertz CT molecular complexity index is 307. The highest BCUT2D eigenvalue weighted by atomic mass is 32.2. The molecule has 68 valence electrons. The molecule has 0 amide bonds. The molecule has 0 spiro atoms. The fourth-order valence-corrected chi connectivity index (χ4v) is 3.42. The molecule has 0 aromatic carbocycles. The van der Waals surface area contributed by atoms with Crippen molar-refractivity contribution in [2.45, 2.75) is 24.0 Å². The van der Waals surface area contributed by atoms with Gasteiger partial charge in [0.2, 0.25) is 0 Å². The van der Waals surface area contributed by atoms with Gasteiger partial charge in [0.15, 0.2) is 0 Å². The third-order valence-corrected chi connectivity index (χ3v) is 4.38. The maximum absolute atomic E-state index is 9.12. The topological polar surface area (TPSA) is 36.7 Å². The molecule has 1 saturated heterocycles. The van der Waals surface area contributed by atoms with Crippen LogP contribution >= 0.6 is 23.1 Å². The third kappa shape index (κ3) is 1.87. The molecule has 0 saturated carbocycles. The van der Waals surface area contributed by atoms with Crippen LogP contribution in [0.3, 0.4) is 0 Å². The second-order valence-electron chi connectivity index (χ2n) is 3.21. The van der Waals surface area contributed by atoms with Crippen LogP contribution < -0.4 is 0 Å². The number of thiazole rings is 1. The molecule has 2 nitrogen and oxygen atoms in total. The van der Waals surface area contributed by atoms with E-state index >= 15 is 0 Å². The molecule has 1 atom stereocenters. The van der Waals surface area contributed by atoms with Gasteiger partial charge in [-0.1, -0.05) is 0 Å². The molecule has 1 aromatic rings. The maximum atomic E-state index is 9.12. The Kier molecular flexibility index (Phi) is 2.56. The van der Waals surface area contributed by atoms with Crippen LogP contribution in [0.25, 0.3) is 0 Å². The van der Waals surface area contributed by atoms with Gasteiger partial charge in [-0.2, -0.15) is 5.26 Å². The average Bonchev–Trinajstić information content (AvgIpc) is 2.77. The Morgan fingerprint density at radius 1 is 1.69 bits per heavy atom. The molecule has 1 aromatic heterocycles. The van der Waals surface area contributed by atoms with Gasteiger partial charge in [-0.15, -0.1) is 23.1 Å². The van der Waals surface area contributed by atoms with E-state index in [0.29, 0.717) is 0 Å². The Labute approximate surface area is 86.0 Å². The Morgan fingerprint density at radius 3 is 3.15 bits per heavy atom. The van der Waals surface area contributed by atoms with Crippen LogP contribution in [-0.2, 0) is 6.42 Å². The van der Waals surface area contributed by atoms with Gasteiger partial charge in [-0.3, -0.25) is 0 Å². The van der Waals surface area contributed by atoms with Crippen LogP contribution in [0.5, 0.6) is 0 Å². The summed E-state index contributed by atoms with van der Waals surface area (Å²) in [5.41, 5.74) is 2.90. The SMILES string of the molecule is N#CC1(Cc2cscn2)CCCS1. The van der Waals surface area contributed by atoms with E-state index in [1.807, 2.05) is 10.9 Å². The number of rotatable bonds is 2. The largest absolute Gasteiger partial charge is 0.250 e. The van der Waals surface area contributed by atoms with Gasteiger partial charge in [-0.05, 0) is 18.6 Å². The van der Waals surface area contributed by atoms with Gasteiger partial charge >= 0.3 is 0 Å². The molecule has 0 bridgehead atoms. The van der Waals surface area contributed by atoms with Gasteiger partial charge in [0.1, 0.15) is 4.75 Å². The van der Waals surface area contributed by atoms with Crippen molar-refractivity contribution in [1.82, 2.24) is 4.98 Å². The molecule has 2 rings (SSSR count). The van der Waals surface area contributed by atoms with Crippen LogP contribution in [-0.4, -0.2) is 15.5 Å². The van der Waals surface area contributed by atoms with E-state index in [-0.39, 0.29) is 4.75 Å². The van der Waals surface area contributed by atoms with E-state index in [1.54, 1.807) is 23.1 Å². The summed E-state index contributed by atoms with van der Waals surface area (Å²) in [6.45, 7) is 0. The standard InChI is InChI=1S/C9H10N2S2/c10-6-9(2-1-3-13-9)4-8-5-12-7-11-8/h5,7H,1-4H2. The normalized spacial score (nSPS) is 27.3. The summed E-state index contributed by atoms with van der Waals surface area (Å²) < 4.78 is -0.173. The number of aromatic nitrogens is 1. The molecule has 0 radical (unpaired) electrons. The van der Waals surface area contributed by atoms with Crippen molar-refractivity contribution in [3.63, 3.8) is 0 Å². The number of nitriles is 1. The molecule has 1 aliphatic heterocycles. The molecule has 13 heavy (non-hydrogen) atoms. The monoisotopic (exact) mass is 210 g/mol. The second-order valence-corrected chi connectivity index (χ2v) is 5.41. The summed E-state index contributed by atoms with van der Waals surface area (Å²) >= 11 is 3.39. The number of thioether (sulfide) groups is 1. The first-order valence-electron chi connectivity index (χ1n) is 4.27. The number of nitrogens with zero attached hydrogens (tertiary/aromatic N) is 2.